The van der Waals surface area contributed by atoms with E-state index in [0.717, 1.165) is 5.56 Å². The van der Waals surface area contributed by atoms with Crippen LogP contribution in [0.2, 0.25) is 5.02 Å². The van der Waals surface area contributed by atoms with Crippen molar-refractivity contribution < 1.29 is 31.5 Å². The lowest BCUT2D eigenvalue weighted by Gasteiger charge is -2.19. The number of nitrogens with zero attached hydrogens (tertiary/aromatic N) is 1. The average Bonchev–Trinajstić information content (AvgIpc) is 2.96. The Labute approximate surface area is 253 Å². The molecule has 0 saturated carbocycles. The average molecular weight is 644 g/mol. The first-order valence-corrected chi connectivity index (χ1v) is 15.9. The predicted octanol–water partition coefficient (Wildman–Crippen LogP) is 4.35. The molecule has 4 aromatic rings. The fourth-order valence-electron chi connectivity index (χ4n) is 3.90. The molecule has 0 fully saturated rings. The van der Waals surface area contributed by atoms with Crippen LogP contribution >= 0.6 is 11.6 Å². The minimum absolute atomic E-state index is 0.0621. The molecule has 15 heteroatoms. The van der Waals surface area contributed by atoms with Gasteiger partial charge in [0.2, 0.25) is 10.0 Å². The van der Waals surface area contributed by atoms with E-state index in [1.54, 1.807) is 24.5 Å². The van der Waals surface area contributed by atoms with Crippen molar-refractivity contribution in [3.8, 4) is 0 Å². The van der Waals surface area contributed by atoms with Gasteiger partial charge in [-0.3, -0.25) is 14.5 Å². The monoisotopic (exact) mass is 643 g/mol. The van der Waals surface area contributed by atoms with Crippen molar-refractivity contribution in [2.24, 2.45) is 0 Å². The van der Waals surface area contributed by atoms with Crippen LogP contribution in [0.1, 0.15) is 23.6 Å². The molecule has 5 N–H and O–H groups in total. The summed E-state index contributed by atoms with van der Waals surface area (Å²) in [5.74, 6) is -1.27. The highest BCUT2D eigenvalue weighted by molar-refractivity contribution is 7.92. The van der Waals surface area contributed by atoms with Gasteiger partial charge in [0.05, 0.1) is 22.3 Å². The molecule has 2 amide bonds. The van der Waals surface area contributed by atoms with Crippen molar-refractivity contribution >= 4 is 55.0 Å². The summed E-state index contributed by atoms with van der Waals surface area (Å²) < 4.78 is 57.0. The smallest absolute Gasteiger partial charge is 0.319 e. The molecule has 1 unspecified atom stereocenters. The SMILES string of the molecule is O=C(O)CC(NS(=O)(=O)c1ccc(Cl)cc1)c1cccc(NS(=O)(=O)c2cccc(NC(=O)NCc3ccncc3)c2)c1. The number of rotatable bonds is 12. The summed E-state index contributed by atoms with van der Waals surface area (Å²) in [6, 6.07) is 18.3. The predicted molar refractivity (Wildman–Crippen MR) is 161 cm³/mol. The molecule has 3 aromatic carbocycles. The molecule has 0 bridgehead atoms. The number of urea groups is 1. The highest BCUT2D eigenvalue weighted by Crippen LogP contribution is 2.26. The Balaban J connectivity index is 1.49. The van der Waals surface area contributed by atoms with Crippen LogP contribution in [0.5, 0.6) is 0 Å². The second-order valence-electron chi connectivity index (χ2n) is 9.15. The molecule has 1 atom stereocenters. The number of carbonyl (C=O) groups excluding carboxylic acids is 1. The van der Waals surface area contributed by atoms with Gasteiger partial charge in [-0.1, -0.05) is 29.8 Å². The first-order valence-electron chi connectivity index (χ1n) is 12.6. The Bertz CT molecular complexity index is 1820. The first-order chi connectivity index (χ1) is 20.4. The number of anilines is 2. The lowest BCUT2D eigenvalue weighted by Crippen LogP contribution is -2.30. The Morgan fingerprint density at radius 1 is 0.814 bits per heavy atom. The van der Waals surface area contributed by atoms with E-state index in [9.17, 15) is 31.5 Å². The van der Waals surface area contributed by atoms with E-state index >= 15 is 0 Å². The number of benzene rings is 3. The van der Waals surface area contributed by atoms with Crippen LogP contribution in [-0.4, -0.2) is 38.9 Å². The van der Waals surface area contributed by atoms with Crippen molar-refractivity contribution in [2.75, 3.05) is 10.0 Å². The molecule has 4 rings (SSSR count). The van der Waals surface area contributed by atoms with Gasteiger partial charge >= 0.3 is 12.0 Å². The van der Waals surface area contributed by atoms with E-state index < -0.39 is 44.5 Å². The molecule has 0 spiro atoms. The molecule has 1 aromatic heterocycles. The number of aromatic nitrogens is 1. The van der Waals surface area contributed by atoms with Crippen molar-refractivity contribution in [1.82, 2.24) is 15.0 Å². The molecule has 0 saturated heterocycles. The Hall–Kier alpha value is -4.50. The zero-order valence-corrected chi connectivity index (χ0v) is 24.7. The van der Waals surface area contributed by atoms with Crippen LogP contribution in [0.15, 0.2) is 107 Å². The maximum absolute atomic E-state index is 13.2. The Morgan fingerprint density at radius 2 is 1.49 bits per heavy atom. The van der Waals surface area contributed by atoms with Crippen LogP contribution in [0.25, 0.3) is 0 Å². The third-order valence-corrected chi connectivity index (χ3v) is 9.06. The summed E-state index contributed by atoms with van der Waals surface area (Å²) in [4.78, 5) is 27.5. The quantitative estimate of drug-likeness (QED) is 0.151. The highest BCUT2D eigenvalue weighted by Gasteiger charge is 2.24. The fraction of sp³-hybridized carbons (Fsp3) is 0.107. The van der Waals surface area contributed by atoms with Crippen LogP contribution in [0.4, 0.5) is 16.2 Å². The third-order valence-electron chi connectivity index (χ3n) is 5.95. The molecule has 224 valence electrons. The number of aliphatic carboxylic acids is 1. The molecule has 0 aliphatic heterocycles. The van der Waals surface area contributed by atoms with Crippen LogP contribution in [0.3, 0.4) is 0 Å². The van der Waals surface area contributed by atoms with E-state index in [0.29, 0.717) is 5.02 Å². The lowest BCUT2D eigenvalue weighted by atomic mass is 10.0. The number of nitrogens with one attached hydrogen (secondary N) is 4. The molecule has 43 heavy (non-hydrogen) atoms. The minimum atomic E-state index is -4.17. The first kappa shape index (κ1) is 31.4. The summed E-state index contributed by atoms with van der Waals surface area (Å²) in [5, 5.41) is 15.0. The number of carboxylic acid groups (broad SMARTS) is 1. The molecule has 12 nitrogen and oxygen atoms in total. The molecule has 0 aliphatic carbocycles. The largest absolute Gasteiger partial charge is 0.481 e. The standard InChI is InChI=1S/C28H26ClN5O7S2/c29-21-7-9-24(10-8-21)42(38,39)34-26(17-27(35)36)20-3-1-5-23(15-20)33-43(40,41)25-6-2-4-22(16-25)32-28(37)31-18-19-11-13-30-14-12-19/h1-16,26,33-34H,17-18H2,(H,35,36)(H2,31,32,37). The normalized spacial score (nSPS) is 12.2. The Morgan fingerprint density at radius 3 is 2.19 bits per heavy atom. The molecule has 0 aliphatic rings. The number of carboxylic acids is 1. The number of hydrogen-bond donors (Lipinski definition) is 5. The zero-order chi connectivity index (χ0) is 31.0. The van der Waals surface area contributed by atoms with E-state index in [-0.39, 0.29) is 33.3 Å². The van der Waals surface area contributed by atoms with Crippen molar-refractivity contribution in [3.05, 3.63) is 113 Å². The second-order valence-corrected chi connectivity index (χ2v) is 13.0. The molecule has 0 radical (unpaired) electrons. The van der Waals surface area contributed by atoms with E-state index in [1.807, 2.05) is 0 Å². The highest BCUT2D eigenvalue weighted by atomic mass is 35.5. The second kappa shape index (κ2) is 13.6. The summed E-state index contributed by atoms with van der Waals surface area (Å²) >= 11 is 5.84. The van der Waals surface area contributed by atoms with Gasteiger partial charge in [0.1, 0.15) is 0 Å². The van der Waals surface area contributed by atoms with Crippen LogP contribution < -0.4 is 20.1 Å². The number of amides is 2. The van der Waals surface area contributed by atoms with Gasteiger partial charge in [-0.05, 0) is 77.9 Å². The molecule has 1 heterocycles. The van der Waals surface area contributed by atoms with Gasteiger partial charge in [-0.2, -0.15) is 0 Å². The number of sulfonamides is 2. The lowest BCUT2D eigenvalue weighted by molar-refractivity contribution is -0.137. The number of hydrogen-bond acceptors (Lipinski definition) is 7. The number of halogens is 1. The summed E-state index contributed by atoms with van der Waals surface area (Å²) in [7, 11) is -8.32. The molecular formula is C28H26ClN5O7S2. The number of pyridine rings is 1. The van der Waals surface area contributed by atoms with Crippen LogP contribution in [0, 0.1) is 0 Å². The topological polar surface area (TPSA) is 184 Å². The van der Waals surface area contributed by atoms with Crippen LogP contribution in [-0.2, 0) is 31.4 Å². The molecular weight excluding hydrogens is 618 g/mol. The van der Waals surface area contributed by atoms with Crippen molar-refractivity contribution in [3.63, 3.8) is 0 Å². The van der Waals surface area contributed by atoms with E-state index in [4.69, 9.17) is 11.6 Å². The van der Waals surface area contributed by atoms with Gasteiger partial charge in [0.25, 0.3) is 10.0 Å². The maximum Gasteiger partial charge on any atom is 0.319 e. The van der Waals surface area contributed by atoms with Crippen molar-refractivity contribution in [2.45, 2.75) is 28.8 Å². The van der Waals surface area contributed by atoms with Gasteiger partial charge < -0.3 is 15.7 Å². The summed E-state index contributed by atoms with van der Waals surface area (Å²) in [6.07, 6.45) is 2.58. The van der Waals surface area contributed by atoms with Gasteiger partial charge in [-0.15, -0.1) is 0 Å². The van der Waals surface area contributed by atoms with Gasteiger partial charge in [-0.25, -0.2) is 26.4 Å². The summed E-state index contributed by atoms with van der Waals surface area (Å²) in [6.45, 7) is 0.239. The summed E-state index contributed by atoms with van der Waals surface area (Å²) in [5.41, 5.74) is 1.33. The Kier molecular flexibility index (Phi) is 9.98. The maximum atomic E-state index is 13.2. The van der Waals surface area contributed by atoms with E-state index in [2.05, 4.69) is 25.1 Å². The zero-order valence-electron chi connectivity index (χ0n) is 22.3. The van der Waals surface area contributed by atoms with E-state index in [1.165, 1.54) is 72.8 Å². The van der Waals surface area contributed by atoms with Crippen molar-refractivity contribution in [1.29, 1.82) is 0 Å². The van der Waals surface area contributed by atoms with Gasteiger partial charge in [0.15, 0.2) is 0 Å². The third kappa shape index (κ3) is 8.99. The van der Waals surface area contributed by atoms with Gasteiger partial charge in [0, 0.05) is 35.3 Å². The number of carbonyl (C=O) groups is 2. The fourth-order valence-corrected chi connectivity index (χ4v) is 6.35. The minimum Gasteiger partial charge on any atom is -0.481 e.